The van der Waals surface area contributed by atoms with Crippen LogP contribution in [0.15, 0.2) is 41.3 Å². The van der Waals surface area contributed by atoms with Crippen LogP contribution < -0.4 is 10.6 Å². The predicted molar refractivity (Wildman–Crippen MR) is 166 cm³/mol. The van der Waals surface area contributed by atoms with Gasteiger partial charge in [0.1, 0.15) is 29.1 Å². The van der Waals surface area contributed by atoms with Gasteiger partial charge >= 0.3 is 11.8 Å². The molecule has 234 valence electrons. The number of anilines is 1. The van der Waals surface area contributed by atoms with Crippen molar-refractivity contribution in [2.75, 3.05) is 24.5 Å². The van der Waals surface area contributed by atoms with E-state index in [0.717, 1.165) is 23.8 Å². The molecule has 0 bridgehead atoms. The number of nitriles is 1. The molecule has 12 heteroatoms. The van der Waals surface area contributed by atoms with Crippen LogP contribution in [0, 0.1) is 29.9 Å². The fourth-order valence-corrected chi connectivity index (χ4v) is 5.57. The number of hydrogen-bond donors (Lipinski definition) is 0. The van der Waals surface area contributed by atoms with Gasteiger partial charge in [0.15, 0.2) is 5.65 Å². The van der Waals surface area contributed by atoms with Crippen molar-refractivity contribution in [3.63, 3.8) is 0 Å². The lowest BCUT2D eigenvalue weighted by Crippen LogP contribution is -2.55. The highest BCUT2D eigenvalue weighted by Crippen LogP contribution is 2.34. The lowest BCUT2D eigenvalue weighted by atomic mass is 10.0. The Hall–Kier alpha value is -4.92. The van der Waals surface area contributed by atoms with Gasteiger partial charge < -0.3 is 14.5 Å². The second-order valence-corrected chi connectivity index (χ2v) is 12.5. The first-order valence-corrected chi connectivity index (χ1v) is 14.7. The van der Waals surface area contributed by atoms with E-state index < -0.39 is 29.0 Å². The summed E-state index contributed by atoms with van der Waals surface area (Å²) in [7, 11) is 0. The summed E-state index contributed by atoms with van der Waals surface area (Å²) in [5.41, 5.74) is 0.298. The summed E-state index contributed by atoms with van der Waals surface area (Å²) in [6.07, 6.45) is 1.22. The molecule has 1 aliphatic heterocycles. The van der Waals surface area contributed by atoms with Crippen LogP contribution in [0.1, 0.15) is 64.3 Å². The highest BCUT2D eigenvalue weighted by Gasteiger charge is 2.33. The van der Waals surface area contributed by atoms with Crippen molar-refractivity contribution >= 4 is 22.9 Å². The number of carbonyl (C=O) groups excluding carboxylic acids is 1. The first-order chi connectivity index (χ1) is 21.2. The first kappa shape index (κ1) is 31.5. The van der Waals surface area contributed by atoms with Crippen LogP contribution >= 0.6 is 0 Å². The number of halogens is 2. The molecule has 0 saturated carbocycles. The van der Waals surface area contributed by atoms with Crippen molar-refractivity contribution in [3.8, 4) is 23.0 Å². The Labute approximate surface area is 259 Å². The number of aryl methyl sites for hydroxylation is 1. The number of fused-ring (bicyclic) bond motifs is 1. The van der Waals surface area contributed by atoms with Crippen LogP contribution in [-0.4, -0.2) is 61.8 Å². The third-order valence-corrected chi connectivity index (χ3v) is 7.63. The maximum Gasteiger partial charge on any atom is 0.410 e. The molecule has 1 unspecified atom stereocenters. The molecule has 1 aliphatic rings. The van der Waals surface area contributed by atoms with Crippen LogP contribution in [0.4, 0.5) is 19.4 Å². The number of nitrogens with zero attached hydrogens (tertiary/aromatic N) is 7. The first-order valence-electron chi connectivity index (χ1n) is 14.7. The van der Waals surface area contributed by atoms with E-state index >= 15 is 4.39 Å². The molecule has 4 aromatic rings. The number of ether oxygens (including phenoxy) is 1. The molecule has 0 N–H and O–H groups in total. The molecule has 10 nitrogen and oxygen atoms in total. The topological polar surface area (TPSA) is 117 Å². The number of pyridine rings is 2. The summed E-state index contributed by atoms with van der Waals surface area (Å²) in [5, 5.41) is 10.5. The smallest absolute Gasteiger partial charge is 0.410 e. The third-order valence-electron chi connectivity index (χ3n) is 7.63. The zero-order valence-corrected chi connectivity index (χ0v) is 26.4. The molecular formula is C33H35F2N7O3. The average molecular weight is 616 g/mol. The quantitative estimate of drug-likeness (QED) is 0.280. The Morgan fingerprint density at radius 1 is 1.13 bits per heavy atom. The minimum Gasteiger partial charge on any atom is -0.444 e. The summed E-state index contributed by atoms with van der Waals surface area (Å²) in [6.45, 7) is 13.9. The molecule has 3 aromatic heterocycles. The van der Waals surface area contributed by atoms with Gasteiger partial charge in [-0.2, -0.15) is 10.2 Å². The molecule has 0 spiro atoms. The lowest BCUT2D eigenvalue weighted by molar-refractivity contribution is 0.0218. The fraction of sp³-hybridized carbons (Fsp3) is 0.394. The Balaban J connectivity index is 1.77. The van der Waals surface area contributed by atoms with Crippen molar-refractivity contribution in [1.82, 2.24) is 24.4 Å². The molecule has 4 heterocycles. The molecule has 45 heavy (non-hydrogen) atoms. The molecule has 1 aromatic carbocycles. The van der Waals surface area contributed by atoms with Crippen molar-refractivity contribution < 1.29 is 18.3 Å². The lowest BCUT2D eigenvalue weighted by Gasteiger charge is -2.41. The number of amides is 1. The third kappa shape index (κ3) is 6.07. The van der Waals surface area contributed by atoms with Crippen LogP contribution in [-0.2, 0) is 4.74 Å². The van der Waals surface area contributed by atoms with Gasteiger partial charge in [-0.05, 0) is 76.4 Å². The molecule has 1 saturated heterocycles. The molecule has 1 fully saturated rings. The van der Waals surface area contributed by atoms with Crippen molar-refractivity contribution in [2.45, 2.75) is 66.0 Å². The largest absolute Gasteiger partial charge is 0.444 e. The number of benzene rings is 1. The van der Waals surface area contributed by atoms with Crippen LogP contribution in [0.2, 0.25) is 0 Å². The zero-order chi connectivity index (χ0) is 32.8. The molecule has 0 aliphatic carbocycles. The Morgan fingerprint density at radius 3 is 2.51 bits per heavy atom. The number of hydrogen-bond acceptors (Lipinski definition) is 8. The SMILES string of the molecule is Cc1ccnc(C(C)C)c1-n1c(=O)nc(N2CCN(C(=O)OC(C)(C)C)CC2C)c2cc(C#N)c(-c3cc(F)ccc3F)nc21. The monoisotopic (exact) mass is 615 g/mol. The van der Waals surface area contributed by atoms with Gasteiger partial charge in [-0.15, -0.1) is 0 Å². The molecule has 5 rings (SSSR count). The van der Waals surface area contributed by atoms with Crippen molar-refractivity contribution in [2.24, 2.45) is 0 Å². The van der Waals surface area contributed by atoms with Crippen LogP contribution in [0.3, 0.4) is 0 Å². The van der Waals surface area contributed by atoms with E-state index in [2.05, 4.69) is 16.0 Å². The van der Waals surface area contributed by atoms with Gasteiger partial charge in [0.05, 0.1) is 28.0 Å². The summed E-state index contributed by atoms with van der Waals surface area (Å²) >= 11 is 0. The highest BCUT2D eigenvalue weighted by atomic mass is 19.1. The second-order valence-electron chi connectivity index (χ2n) is 12.5. The van der Waals surface area contributed by atoms with Gasteiger partial charge in [-0.1, -0.05) is 13.8 Å². The van der Waals surface area contributed by atoms with E-state index in [1.807, 2.05) is 32.6 Å². The van der Waals surface area contributed by atoms with E-state index in [-0.39, 0.29) is 40.2 Å². The van der Waals surface area contributed by atoms with Crippen LogP contribution in [0.5, 0.6) is 0 Å². The van der Waals surface area contributed by atoms with Crippen molar-refractivity contribution in [3.05, 3.63) is 75.5 Å². The van der Waals surface area contributed by atoms with E-state index in [0.29, 0.717) is 36.4 Å². The van der Waals surface area contributed by atoms with Crippen LogP contribution in [0.25, 0.3) is 28.0 Å². The number of carbonyl (C=O) groups is 1. The van der Waals surface area contributed by atoms with Gasteiger partial charge in [-0.25, -0.2) is 27.9 Å². The van der Waals surface area contributed by atoms with Crippen molar-refractivity contribution in [1.29, 1.82) is 5.26 Å². The molecular weight excluding hydrogens is 580 g/mol. The molecule has 0 radical (unpaired) electrons. The van der Waals surface area contributed by atoms with E-state index in [1.54, 1.807) is 37.9 Å². The number of rotatable bonds is 4. The number of aromatic nitrogens is 4. The highest BCUT2D eigenvalue weighted by molar-refractivity contribution is 5.92. The summed E-state index contributed by atoms with van der Waals surface area (Å²) in [4.78, 5) is 44.1. The van der Waals surface area contributed by atoms with Gasteiger partial charge in [0.2, 0.25) is 0 Å². The number of piperazine rings is 1. The maximum absolute atomic E-state index is 15.1. The summed E-state index contributed by atoms with van der Waals surface area (Å²) < 4.78 is 36.3. The molecule has 1 amide bonds. The minimum absolute atomic E-state index is 0.0210. The van der Waals surface area contributed by atoms with Gasteiger partial charge in [-0.3, -0.25) is 4.98 Å². The normalized spacial score (nSPS) is 15.4. The Morgan fingerprint density at radius 2 is 1.87 bits per heavy atom. The Bertz CT molecular complexity index is 1910. The summed E-state index contributed by atoms with van der Waals surface area (Å²) in [6, 6.07) is 7.97. The van der Waals surface area contributed by atoms with Gasteiger partial charge in [0.25, 0.3) is 0 Å². The predicted octanol–water partition coefficient (Wildman–Crippen LogP) is 5.87. The van der Waals surface area contributed by atoms with E-state index in [9.17, 15) is 19.2 Å². The van der Waals surface area contributed by atoms with E-state index in [4.69, 9.17) is 9.72 Å². The summed E-state index contributed by atoms with van der Waals surface area (Å²) in [5.74, 6) is -1.28. The maximum atomic E-state index is 15.1. The second kappa shape index (κ2) is 11.9. The van der Waals surface area contributed by atoms with E-state index in [1.165, 1.54) is 10.6 Å². The average Bonchev–Trinajstić information content (AvgIpc) is 2.97. The van der Waals surface area contributed by atoms with Gasteiger partial charge in [0, 0.05) is 37.4 Å². The fourth-order valence-electron chi connectivity index (χ4n) is 5.57. The minimum atomic E-state index is -0.768. The molecule has 1 atom stereocenters. The standard InChI is InChI=1S/C33H35F2N7O3/c1-18(2)26-28(19(3)10-11-37-26)42-30-24(14-21(16-36)27(38-30)23-15-22(34)8-9-25(23)35)29(39-31(42)43)41-13-12-40(17-20(41)4)32(44)45-33(5,6)7/h8-11,14-15,18,20H,12-13,17H2,1-7H3. The zero-order valence-electron chi connectivity index (χ0n) is 26.4. The Kier molecular flexibility index (Phi) is 8.31.